The Morgan fingerprint density at radius 3 is 2.81 bits per heavy atom. The van der Waals surface area contributed by atoms with E-state index in [4.69, 9.17) is 4.42 Å². The van der Waals surface area contributed by atoms with Gasteiger partial charge in [0.1, 0.15) is 5.76 Å². The third-order valence-corrected chi connectivity index (χ3v) is 3.29. The SMILES string of the molecule is COC(=O)c1cccc(NC(=O)c2ccc(CSC)o2)c1. The van der Waals surface area contributed by atoms with E-state index in [2.05, 4.69) is 10.1 Å². The Bertz CT molecular complexity index is 651. The fourth-order valence-electron chi connectivity index (χ4n) is 1.75. The van der Waals surface area contributed by atoms with Crippen LogP contribution in [-0.4, -0.2) is 25.2 Å². The number of amides is 1. The largest absolute Gasteiger partial charge is 0.465 e. The summed E-state index contributed by atoms with van der Waals surface area (Å²) >= 11 is 1.61. The van der Waals surface area contributed by atoms with E-state index < -0.39 is 5.97 Å². The highest BCUT2D eigenvalue weighted by Gasteiger charge is 2.12. The summed E-state index contributed by atoms with van der Waals surface area (Å²) in [6.07, 6.45) is 1.96. The summed E-state index contributed by atoms with van der Waals surface area (Å²) in [4.78, 5) is 23.5. The van der Waals surface area contributed by atoms with E-state index >= 15 is 0 Å². The molecule has 1 heterocycles. The Kier molecular flexibility index (Phi) is 5.05. The van der Waals surface area contributed by atoms with Crippen molar-refractivity contribution in [2.24, 2.45) is 0 Å². The van der Waals surface area contributed by atoms with Gasteiger partial charge in [-0.3, -0.25) is 4.79 Å². The lowest BCUT2D eigenvalue weighted by Gasteiger charge is -2.05. The number of anilines is 1. The maximum absolute atomic E-state index is 12.1. The number of carbonyl (C=O) groups is 2. The van der Waals surface area contributed by atoms with Gasteiger partial charge in [-0.2, -0.15) is 11.8 Å². The highest BCUT2D eigenvalue weighted by molar-refractivity contribution is 7.97. The van der Waals surface area contributed by atoms with Gasteiger partial charge in [0, 0.05) is 5.69 Å². The number of carbonyl (C=O) groups excluding carboxylic acids is 2. The van der Waals surface area contributed by atoms with Gasteiger partial charge in [0.15, 0.2) is 5.76 Å². The molecule has 0 spiro atoms. The Morgan fingerprint density at radius 2 is 2.10 bits per heavy atom. The molecule has 0 radical (unpaired) electrons. The van der Waals surface area contributed by atoms with Gasteiger partial charge < -0.3 is 14.5 Å². The van der Waals surface area contributed by atoms with Crippen LogP contribution in [0.2, 0.25) is 0 Å². The lowest BCUT2D eigenvalue weighted by molar-refractivity contribution is 0.0600. The molecule has 0 saturated carbocycles. The summed E-state index contributed by atoms with van der Waals surface area (Å²) in [6, 6.07) is 9.93. The zero-order valence-electron chi connectivity index (χ0n) is 11.7. The van der Waals surface area contributed by atoms with Gasteiger partial charge in [0.2, 0.25) is 0 Å². The minimum absolute atomic E-state index is 0.238. The van der Waals surface area contributed by atoms with E-state index in [1.54, 1.807) is 48.2 Å². The van der Waals surface area contributed by atoms with Gasteiger partial charge in [0.25, 0.3) is 5.91 Å². The molecule has 6 heteroatoms. The lowest BCUT2D eigenvalue weighted by atomic mass is 10.2. The zero-order valence-corrected chi connectivity index (χ0v) is 12.5. The van der Waals surface area contributed by atoms with Crippen LogP contribution in [-0.2, 0) is 10.5 Å². The Hall–Kier alpha value is -2.21. The Balaban J connectivity index is 2.09. The van der Waals surface area contributed by atoms with Crippen LogP contribution in [0.1, 0.15) is 26.7 Å². The van der Waals surface area contributed by atoms with Crippen molar-refractivity contribution in [3.05, 3.63) is 53.5 Å². The molecule has 1 aromatic carbocycles. The maximum Gasteiger partial charge on any atom is 0.337 e. The number of hydrogen-bond acceptors (Lipinski definition) is 5. The zero-order chi connectivity index (χ0) is 15.2. The average molecular weight is 305 g/mol. The van der Waals surface area contributed by atoms with Crippen molar-refractivity contribution in [1.29, 1.82) is 0 Å². The summed E-state index contributed by atoms with van der Waals surface area (Å²) in [7, 11) is 1.31. The molecule has 0 saturated heterocycles. The molecular weight excluding hydrogens is 290 g/mol. The molecule has 0 unspecified atom stereocenters. The van der Waals surface area contributed by atoms with Crippen LogP contribution < -0.4 is 5.32 Å². The first-order valence-corrected chi connectivity index (χ1v) is 7.61. The predicted octanol–water partition coefficient (Wildman–Crippen LogP) is 3.18. The van der Waals surface area contributed by atoms with Gasteiger partial charge in [0.05, 0.1) is 18.4 Å². The summed E-state index contributed by atoms with van der Waals surface area (Å²) < 4.78 is 10.1. The number of thioether (sulfide) groups is 1. The van der Waals surface area contributed by atoms with Crippen LogP contribution in [0.5, 0.6) is 0 Å². The fourth-order valence-corrected chi connectivity index (χ4v) is 2.19. The molecule has 1 amide bonds. The van der Waals surface area contributed by atoms with Crippen LogP contribution in [0.3, 0.4) is 0 Å². The number of methoxy groups -OCH3 is 1. The molecule has 110 valence electrons. The van der Waals surface area contributed by atoms with Crippen molar-refractivity contribution in [2.45, 2.75) is 5.75 Å². The standard InChI is InChI=1S/C15H15NO4S/c1-19-15(18)10-4-3-5-11(8-10)16-14(17)13-7-6-12(20-13)9-21-2/h3-8H,9H2,1-2H3,(H,16,17). The first kappa shape index (κ1) is 15.2. The van der Waals surface area contributed by atoms with Crippen LogP contribution >= 0.6 is 11.8 Å². The van der Waals surface area contributed by atoms with Crippen LogP contribution in [0.15, 0.2) is 40.8 Å². The normalized spacial score (nSPS) is 10.2. The van der Waals surface area contributed by atoms with E-state index in [9.17, 15) is 9.59 Å². The number of hydrogen-bond donors (Lipinski definition) is 1. The molecule has 1 N–H and O–H groups in total. The summed E-state index contributed by atoms with van der Waals surface area (Å²) in [5.74, 6) is 0.889. The number of nitrogens with one attached hydrogen (secondary N) is 1. The van der Waals surface area contributed by atoms with Gasteiger partial charge in [-0.15, -0.1) is 0 Å². The van der Waals surface area contributed by atoms with Gasteiger partial charge >= 0.3 is 5.97 Å². The first-order chi connectivity index (χ1) is 10.1. The predicted molar refractivity (Wildman–Crippen MR) is 81.7 cm³/mol. The summed E-state index contributed by atoms with van der Waals surface area (Å²) in [5, 5.41) is 2.69. The summed E-state index contributed by atoms with van der Waals surface area (Å²) in [6.45, 7) is 0. The Morgan fingerprint density at radius 1 is 1.29 bits per heavy atom. The van der Waals surface area contributed by atoms with E-state index in [0.29, 0.717) is 17.0 Å². The number of esters is 1. The molecule has 2 rings (SSSR count). The molecule has 0 aliphatic carbocycles. The highest BCUT2D eigenvalue weighted by atomic mass is 32.2. The molecular formula is C15H15NO4S. The van der Waals surface area contributed by atoms with Crippen LogP contribution in [0.4, 0.5) is 5.69 Å². The topological polar surface area (TPSA) is 68.5 Å². The summed E-state index contributed by atoms with van der Waals surface area (Å²) in [5.41, 5.74) is 0.878. The molecule has 0 fully saturated rings. The second-order valence-electron chi connectivity index (χ2n) is 4.23. The fraction of sp³-hybridized carbons (Fsp3) is 0.200. The minimum atomic E-state index is -0.452. The van der Waals surface area contributed by atoms with Crippen LogP contribution in [0.25, 0.3) is 0 Å². The first-order valence-electron chi connectivity index (χ1n) is 6.21. The highest BCUT2D eigenvalue weighted by Crippen LogP contribution is 2.16. The quantitative estimate of drug-likeness (QED) is 0.859. The number of ether oxygens (including phenoxy) is 1. The van der Waals surface area contributed by atoms with E-state index in [1.807, 2.05) is 6.26 Å². The maximum atomic E-state index is 12.1. The third kappa shape index (κ3) is 3.88. The monoisotopic (exact) mass is 305 g/mol. The second-order valence-corrected chi connectivity index (χ2v) is 5.09. The van der Waals surface area contributed by atoms with Crippen molar-refractivity contribution in [2.75, 3.05) is 18.7 Å². The van der Waals surface area contributed by atoms with Gasteiger partial charge in [-0.05, 0) is 36.6 Å². The number of benzene rings is 1. The number of furan rings is 1. The van der Waals surface area contributed by atoms with Crippen molar-refractivity contribution < 1.29 is 18.7 Å². The van der Waals surface area contributed by atoms with Gasteiger partial charge in [-0.1, -0.05) is 6.07 Å². The van der Waals surface area contributed by atoms with Gasteiger partial charge in [-0.25, -0.2) is 4.79 Å². The van der Waals surface area contributed by atoms with E-state index in [0.717, 1.165) is 5.76 Å². The average Bonchev–Trinajstić information content (AvgIpc) is 2.96. The molecule has 0 bridgehead atoms. The van der Waals surface area contributed by atoms with Crippen molar-refractivity contribution in [3.63, 3.8) is 0 Å². The lowest BCUT2D eigenvalue weighted by Crippen LogP contribution is -2.11. The third-order valence-electron chi connectivity index (χ3n) is 2.71. The number of rotatable bonds is 5. The van der Waals surface area contributed by atoms with Crippen molar-refractivity contribution in [1.82, 2.24) is 0 Å². The second kappa shape index (κ2) is 6.99. The molecule has 1 aromatic heterocycles. The van der Waals surface area contributed by atoms with Crippen LogP contribution in [0, 0.1) is 0 Å². The molecule has 5 nitrogen and oxygen atoms in total. The van der Waals surface area contributed by atoms with E-state index in [-0.39, 0.29) is 11.7 Å². The molecule has 0 aliphatic heterocycles. The molecule has 21 heavy (non-hydrogen) atoms. The van der Waals surface area contributed by atoms with Crippen molar-refractivity contribution >= 4 is 29.3 Å². The molecule has 0 aliphatic rings. The Labute approximate surface area is 126 Å². The van der Waals surface area contributed by atoms with E-state index in [1.165, 1.54) is 7.11 Å². The molecule has 0 atom stereocenters. The molecule has 2 aromatic rings. The minimum Gasteiger partial charge on any atom is -0.465 e. The smallest absolute Gasteiger partial charge is 0.337 e. The van der Waals surface area contributed by atoms with Crippen molar-refractivity contribution in [3.8, 4) is 0 Å².